The number of anilines is 1. The second-order valence-electron chi connectivity index (χ2n) is 5.86. The lowest BCUT2D eigenvalue weighted by atomic mass is 10.0. The number of hydrogen-bond acceptors (Lipinski definition) is 3. The van der Waals surface area contributed by atoms with Crippen molar-refractivity contribution < 1.29 is 0 Å². The number of hydrogen-bond donors (Lipinski definition) is 1. The first-order chi connectivity index (χ1) is 10.2. The highest BCUT2D eigenvalue weighted by Gasteiger charge is 2.19. The topological polar surface area (TPSA) is 33.1 Å². The van der Waals surface area contributed by atoms with Crippen LogP contribution in [0.5, 0.6) is 0 Å². The molecule has 4 heteroatoms. The zero-order chi connectivity index (χ0) is 14.7. The Labute approximate surface area is 126 Å². The maximum absolute atomic E-state index is 4.30. The van der Waals surface area contributed by atoms with Gasteiger partial charge in [-0.15, -0.1) is 0 Å². The molecule has 3 rings (SSSR count). The van der Waals surface area contributed by atoms with E-state index in [1.165, 1.54) is 29.8 Å². The van der Waals surface area contributed by atoms with Crippen molar-refractivity contribution in [1.29, 1.82) is 0 Å². The minimum Gasteiger partial charge on any atom is -0.371 e. The average Bonchev–Trinajstić information content (AvgIpc) is 2.86. The first-order valence-electron chi connectivity index (χ1n) is 7.75. The molecule has 1 aliphatic rings. The smallest absolute Gasteiger partial charge is 0.0537 e. The molecule has 1 aromatic carbocycles. The Hall–Kier alpha value is -1.81. The minimum atomic E-state index is 0.615. The van der Waals surface area contributed by atoms with Crippen molar-refractivity contribution in [2.45, 2.75) is 32.4 Å². The van der Waals surface area contributed by atoms with Crippen molar-refractivity contribution in [1.82, 2.24) is 15.1 Å². The number of nitrogens with one attached hydrogen (secondary N) is 1. The van der Waals surface area contributed by atoms with E-state index in [2.05, 4.69) is 52.6 Å². The largest absolute Gasteiger partial charge is 0.371 e. The van der Waals surface area contributed by atoms with Crippen molar-refractivity contribution in [3.05, 3.63) is 47.8 Å². The van der Waals surface area contributed by atoms with Gasteiger partial charge in [-0.1, -0.05) is 18.2 Å². The number of benzene rings is 1. The highest BCUT2D eigenvalue weighted by Crippen LogP contribution is 2.19. The molecule has 0 amide bonds. The lowest BCUT2D eigenvalue weighted by Gasteiger charge is -2.34. The van der Waals surface area contributed by atoms with E-state index in [-0.39, 0.29) is 0 Å². The van der Waals surface area contributed by atoms with E-state index < -0.39 is 0 Å². The molecular formula is C17H24N4. The Morgan fingerprint density at radius 2 is 1.90 bits per heavy atom. The summed E-state index contributed by atoms with van der Waals surface area (Å²) < 4.78 is 1.94. The van der Waals surface area contributed by atoms with E-state index in [4.69, 9.17) is 0 Å². The molecule has 2 aromatic rings. The van der Waals surface area contributed by atoms with Crippen molar-refractivity contribution >= 4 is 5.69 Å². The fourth-order valence-electron chi connectivity index (χ4n) is 2.95. The lowest BCUT2D eigenvalue weighted by molar-refractivity contribution is 0.413. The van der Waals surface area contributed by atoms with Gasteiger partial charge in [0.1, 0.15) is 0 Å². The summed E-state index contributed by atoms with van der Waals surface area (Å²) in [6.07, 6.45) is 4.38. The van der Waals surface area contributed by atoms with E-state index in [9.17, 15) is 0 Å². The molecular weight excluding hydrogens is 260 g/mol. The van der Waals surface area contributed by atoms with Gasteiger partial charge in [-0.25, -0.2) is 0 Å². The summed E-state index contributed by atoms with van der Waals surface area (Å²) in [5, 5.41) is 7.98. The fraction of sp³-hybridized carbons (Fsp3) is 0.471. The molecule has 4 nitrogen and oxygen atoms in total. The highest BCUT2D eigenvalue weighted by atomic mass is 15.3. The maximum Gasteiger partial charge on any atom is 0.0537 e. The van der Waals surface area contributed by atoms with Gasteiger partial charge in [-0.3, -0.25) is 4.68 Å². The van der Waals surface area contributed by atoms with Gasteiger partial charge in [-0.05, 0) is 31.9 Å². The van der Waals surface area contributed by atoms with Crippen LogP contribution in [0.4, 0.5) is 5.69 Å². The third-order valence-electron chi connectivity index (χ3n) is 4.53. The van der Waals surface area contributed by atoms with Gasteiger partial charge >= 0.3 is 0 Å². The van der Waals surface area contributed by atoms with E-state index in [0.29, 0.717) is 6.04 Å². The summed E-state index contributed by atoms with van der Waals surface area (Å²) in [4.78, 5) is 2.48. The quantitative estimate of drug-likeness (QED) is 0.936. The molecule has 0 spiro atoms. The summed E-state index contributed by atoms with van der Waals surface area (Å²) in [7, 11) is 2.00. The molecule has 1 aliphatic heterocycles. The van der Waals surface area contributed by atoms with Crippen LogP contribution < -0.4 is 10.2 Å². The Balaban J connectivity index is 1.49. The third kappa shape index (κ3) is 3.27. The number of para-hydroxylation sites is 1. The second-order valence-corrected chi connectivity index (χ2v) is 5.86. The van der Waals surface area contributed by atoms with Crippen molar-refractivity contribution in [2.24, 2.45) is 7.05 Å². The predicted octanol–water partition coefficient (Wildman–Crippen LogP) is 2.49. The van der Waals surface area contributed by atoms with Crippen LogP contribution in [0.25, 0.3) is 0 Å². The number of piperidine rings is 1. The Morgan fingerprint density at radius 3 is 2.52 bits per heavy atom. The Bertz CT molecular complexity index is 568. The third-order valence-corrected chi connectivity index (χ3v) is 4.53. The van der Waals surface area contributed by atoms with Crippen molar-refractivity contribution in [2.75, 3.05) is 18.0 Å². The van der Waals surface area contributed by atoms with E-state index in [1.807, 2.05) is 17.9 Å². The van der Waals surface area contributed by atoms with E-state index in [1.54, 1.807) is 0 Å². The van der Waals surface area contributed by atoms with Crippen LogP contribution in [0.15, 0.2) is 36.5 Å². The SMILES string of the molecule is Cc1c(CNC2CCN(c3ccccc3)CC2)cnn1C. The van der Waals surface area contributed by atoms with Gasteiger partial charge in [0.25, 0.3) is 0 Å². The molecule has 0 aliphatic carbocycles. The molecule has 1 aromatic heterocycles. The van der Waals surface area contributed by atoms with Crippen molar-refractivity contribution in [3.8, 4) is 0 Å². The van der Waals surface area contributed by atoms with Gasteiger partial charge in [0.15, 0.2) is 0 Å². The molecule has 0 radical (unpaired) electrons. The first kappa shape index (κ1) is 14.1. The number of aryl methyl sites for hydroxylation is 1. The molecule has 112 valence electrons. The van der Waals surface area contributed by atoms with Crippen LogP contribution in [0, 0.1) is 6.92 Å². The first-order valence-corrected chi connectivity index (χ1v) is 7.75. The van der Waals surface area contributed by atoms with Crippen LogP contribution in [0.2, 0.25) is 0 Å². The Morgan fingerprint density at radius 1 is 1.19 bits per heavy atom. The zero-order valence-electron chi connectivity index (χ0n) is 12.9. The summed E-state index contributed by atoms with van der Waals surface area (Å²) in [6.45, 7) is 5.32. The Kier molecular flexibility index (Phi) is 4.25. The van der Waals surface area contributed by atoms with Crippen LogP contribution in [0.1, 0.15) is 24.1 Å². The summed E-state index contributed by atoms with van der Waals surface area (Å²) in [6, 6.07) is 11.3. The molecule has 0 atom stereocenters. The maximum atomic E-state index is 4.30. The number of aromatic nitrogens is 2. The van der Waals surface area contributed by atoms with Gasteiger partial charge in [0.05, 0.1) is 6.20 Å². The van der Waals surface area contributed by atoms with Crippen LogP contribution in [0.3, 0.4) is 0 Å². The molecule has 0 bridgehead atoms. The fourth-order valence-corrected chi connectivity index (χ4v) is 2.95. The molecule has 0 unspecified atom stereocenters. The number of rotatable bonds is 4. The summed E-state index contributed by atoms with van der Waals surface area (Å²) in [5.74, 6) is 0. The monoisotopic (exact) mass is 284 g/mol. The molecule has 1 N–H and O–H groups in total. The van der Waals surface area contributed by atoms with Crippen molar-refractivity contribution in [3.63, 3.8) is 0 Å². The molecule has 1 fully saturated rings. The summed E-state index contributed by atoms with van der Waals surface area (Å²) in [5.41, 5.74) is 3.91. The molecule has 0 saturated carbocycles. The normalized spacial score (nSPS) is 16.4. The summed E-state index contributed by atoms with van der Waals surface area (Å²) >= 11 is 0. The minimum absolute atomic E-state index is 0.615. The average molecular weight is 284 g/mol. The van der Waals surface area contributed by atoms with Gasteiger partial charge in [-0.2, -0.15) is 5.10 Å². The predicted molar refractivity (Wildman–Crippen MR) is 86.5 cm³/mol. The lowest BCUT2D eigenvalue weighted by Crippen LogP contribution is -2.42. The molecule has 1 saturated heterocycles. The van der Waals surface area contributed by atoms with E-state index in [0.717, 1.165) is 19.6 Å². The van der Waals surface area contributed by atoms with Gasteiger partial charge < -0.3 is 10.2 Å². The van der Waals surface area contributed by atoms with Crippen LogP contribution in [-0.4, -0.2) is 28.9 Å². The van der Waals surface area contributed by atoms with Gasteiger partial charge in [0, 0.05) is 49.7 Å². The van der Waals surface area contributed by atoms with Gasteiger partial charge in [0.2, 0.25) is 0 Å². The molecule has 21 heavy (non-hydrogen) atoms. The van der Waals surface area contributed by atoms with Crippen LogP contribution in [-0.2, 0) is 13.6 Å². The highest BCUT2D eigenvalue weighted by molar-refractivity contribution is 5.46. The second kappa shape index (κ2) is 6.31. The standard InChI is InChI=1S/C17H24N4/c1-14-15(13-19-20(14)2)12-18-16-8-10-21(11-9-16)17-6-4-3-5-7-17/h3-7,13,16,18H,8-12H2,1-2H3. The van der Waals surface area contributed by atoms with Crippen LogP contribution >= 0.6 is 0 Å². The number of nitrogens with zero attached hydrogens (tertiary/aromatic N) is 3. The van der Waals surface area contributed by atoms with E-state index >= 15 is 0 Å². The zero-order valence-corrected chi connectivity index (χ0v) is 12.9. The molecule has 2 heterocycles.